The summed E-state index contributed by atoms with van der Waals surface area (Å²) < 4.78 is 0. The minimum Gasteiger partial charge on any atom is -0.340 e. The van der Waals surface area contributed by atoms with Crippen LogP contribution in [0.5, 0.6) is 0 Å². The molecule has 4 aromatic rings. The van der Waals surface area contributed by atoms with Crippen molar-refractivity contribution in [2.75, 3.05) is 5.32 Å². The van der Waals surface area contributed by atoms with E-state index in [0.717, 1.165) is 44.3 Å². The molecule has 0 aliphatic carbocycles. The summed E-state index contributed by atoms with van der Waals surface area (Å²) >= 11 is 7.64. The Morgan fingerprint density at radius 2 is 1.76 bits per heavy atom. The fourth-order valence-electron chi connectivity index (χ4n) is 2.77. The largest absolute Gasteiger partial charge is 0.340 e. The number of hydrogen-bond donors (Lipinski definition) is 1. The molecular weight excluding hydrogens is 350 g/mol. The number of aryl methyl sites for hydroxylation is 1. The first-order valence-electron chi connectivity index (χ1n) is 8.08. The van der Waals surface area contributed by atoms with E-state index in [4.69, 9.17) is 11.6 Å². The molecule has 0 atom stereocenters. The van der Waals surface area contributed by atoms with E-state index in [1.54, 1.807) is 17.7 Å². The predicted molar refractivity (Wildman–Crippen MR) is 107 cm³/mol. The zero-order valence-corrected chi connectivity index (χ0v) is 15.2. The van der Waals surface area contributed by atoms with E-state index in [0.29, 0.717) is 0 Å². The second-order valence-corrected chi connectivity index (χ2v) is 7.03. The second kappa shape index (κ2) is 6.82. The quantitative estimate of drug-likeness (QED) is 0.460. The van der Waals surface area contributed by atoms with Crippen LogP contribution in [0.25, 0.3) is 21.3 Å². The summed E-state index contributed by atoms with van der Waals surface area (Å²) in [5.74, 6) is 0.820. The number of halogens is 1. The lowest BCUT2D eigenvalue weighted by atomic mass is 10.1. The highest BCUT2D eigenvalue weighted by Gasteiger charge is 2.13. The summed E-state index contributed by atoms with van der Waals surface area (Å²) in [7, 11) is 0. The van der Waals surface area contributed by atoms with Crippen LogP contribution in [0, 0.1) is 0 Å². The first-order valence-corrected chi connectivity index (χ1v) is 9.34. The van der Waals surface area contributed by atoms with Gasteiger partial charge in [-0.05, 0) is 41.8 Å². The van der Waals surface area contributed by atoms with E-state index in [2.05, 4.69) is 51.9 Å². The van der Waals surface area contributed by atoms with Crippen molar-refractivity contribution in [1.82, 2.24) is 9.97 Å². The van der Waals surface area contributed by atoms with Gasteiger partial charge in [0, 0.05) is 21.7 Å². The predicted octanol–water partition coefficient (Wildman–Crippen LogP) is 6.32. The highest BCUT2D eigenvalue weighted by molar-refractivity contribution is 7.17. The first kappa shape index (κ1) is 16.1. The summed E-state index contributed by atoms with van der Waals surface area (Å²) in [4.78, 5) is 9.86. The van der Waals surface area contributed by atoms with Gasteiger partial charge in [-0.25, -0.2) is 9.97 Å². The zero-order valence-electron chi connectivity index (χ0n) is 13.7. The van der Waals surface area contributed by atoms with E-state index in [-0.39, 0.29) is 0 Å². The molecule has 0 amide bonds. The molecule has 0 radical (unpaired) electrons. The van der Waals surface area contributed by atoms with Crippen molar-refractivity contribution in [3.63, 3.8) is 0 Å². The minimum absolute atomic E-state index is 0.730. The van der Waals surface area contributed by atoms with Crippen LogP contribution in [-0.2, 0) is 6.42 Å². The SMILES string of the molecule is CCc1ccc(Nc2ncnc3scc(-c4ccc(Cl)cc4)c23)cc1. The molecule has 2 aromatic carbocycles. The fourth-order valence-corrected chi connectivity index (χ4v) is 3.81. The van der Waals surface area contributed by atoms with Crippen molar-refractivity contribution >= 4 is 44.7 Å². The Labute approximate surface area is 155 Å². The third kappa shape index (κ3) is 3.23. The molecule has 2 heterocycles. The number of nitrogens with zero attached hydrogens (tertiary/aromatic N) is 2. The topological polar surface area (TPSA) is 37.8 Å². The van der Waals surface area contributed by atoms with Crippen LogP contribution in [0.3, 0.4) is 0 Å². The number of rotatable bonds is 4. The van der Waals surface area contributed by atoms with Gasteiger partial charge in [0.1, 0.15) is 17.0 Å². The molecule has 0 unspecified atom stereocenters. The Morgan fingerprint density at radius 3 is 2.48 bits per heavy atom. The normalized spacial score (nSPS) is 11.0. The maximum atomic E-state index is 6.02. The van der Waals surface area contributed by atoms with Crippen molar-refractivity contribution in [3.8, 4) is 11.1 Å². The molecule has 0 aliphatic rings. The average molecular weight is 366 g/mol. The smallest absolute Gasteiger partial charge is 0.143 e. The molecule has 0 saturated heterocycles. The Bertz CT molecular complexity index is 1010. The molecule has 0 aliphatic heterocycles. The Balaban J connectivity index is 1.78. The fraction of sp³-hybridized carbons (Fsp3) is 0.100. The Hall–Kier alpha value is -2.43. The van der Waals surface area contributed by atoms with Gasteiger partial charge in [0.25, 0.3) is 0 Å². The van der Waals surface area contributed by atoms with Gasteiger partial charge in [0.2, 0.25) is 0 Å². The average Bonchev–Trinajstić information content (AvgIpc) is 3.08. The number of hydrogen-bond acceptors (Lipinski definition) is 4. The summed E-state index contributed by atoms with van der Waals surface area (Å²) in [6, 6.07) is 16.3. The molecule has 124 valence electrons. The van der Waals surface area contributed by atoms with Crippen LogP contribution in [0.2, 0.25) is 5.02 Å². The van der Waals surface area contributed by atoms with Crippen LogP contribution in [0.1, 0.15) is 12.5 Å². The molecule has 3 nitrogen and oxygen atoms in total. The van der Waals surface area contributed by atoms with Crippen LogP contribution in [0.4, 0.5) is 11.5 Å². The van der Waals surface area contributed by atoms with Crippen LogP contribution in [-0.4, -0.2) is 9.97 Å². The van der Waals surface area contributed by atoms with Crippen molar-refractivity contribution in [1.29, 1.82) is 0 Å². The molecule has 1 N–H and O–H groups in total. The van der Waals surface area contributed by atoms with Gasteiger partial charge >= 0.3 is 0 Å². The highest BCUT2D eigenvalue weighted by Crippen LogP contribution is 2.37. The number of thiophene rings is 1. The van der Waals surface area contributed by atoms with Gasteiger partial charge in [-0.1, -0.05) is 42.8 Å². The summed E-state index contributed by atoms with van der Waals surface area (Å²) in [5.41, 5.74) is 4.56. The molecule has 0 saturated carbocycles. The van der Waals surface area contributed by atoms with Crippen molar-refractivity contribution in [2.45, 2.75) is 13.3 Å². The van der Waals surface area contributed by atoms with E-state index in [1.807, 2.05) is 24.3 Å². The van der Waals surface area contributed by atoms with E-state index in [1.165, 1.54) is 5.56 Å². The summed E-state index contributed by atoms with van der Waals surface area (Å²) in [5, 5.41) is 7.32. The van der Waals surface area contributed by atoms with E-state index in [9.17, 15) is 0 Å². The minimum atomic E-state index is 0.730. The van der Waals surface area contributed by atoms with Gasteiger partial charge in [0.15, 0.2) is 0 Å². The zero-order chi connectivity index (χ0) is 17.2. The van der Waals surface area contributed by atoms with Crippen LogP contribution < -0.4 is 5.32 Å². The van der Waals surface area contributed by atoms with Crippen LogP contribution >= 0.6 is 22.9 Å². The van der Waals surface area contributed by atoms with Gasteiger partial charge in [-0.2, -0.15) is 0 Å². The molecular formula is C20H16ClN3S. The third-order valence-corrected chi connectivity index (χ3v) is 5.29. The monoisotopic (exact) mass is 365 g/mol. The number of fused-ring (bicyclic) bond motifs is 1. The van der Waals surface area contributed by atoms with Gasteiger partial charge in [0.05, 0.1) is 5.39 Å². The maximum Gasteiger partial charge on any atom is 0.143 e. The van der Waals surface area contributed by atoms with Gasteiger partial charge in [-0.3, -0.25) is 0 Å². The molecule has 2 aromatic heterocycles. The molecule has 25 heavy (non-hydrogen) atoms. The third-order valence-electron chi connectivity index (χ3n) is 4.15. The Kier molecular flexibility index (Phi) is 4.38. The molecule has 0 bridgehead atoms. The molecule has 0 fully saturated rings. The van der Waals surface area contributed by atoms with Crippen molar-refractivity contribution in [3.05, 3.63) is 70.8 Å². The summed E-state index contributed by atoms with van der Waals surface area (Å²) in [6.45, 7) is 2.15. The van der Waals surface area contributed by atoms with Crippen LogP contribution in [0.15, 0.2) is 60.2 Å². The number of benzene rings is 2. The maximum absolute atomic E-state index is 6.02. The lowest BCUT2D eigenvalue weighted by Crippen LogP contribution is -1.95. The lowest BCUT2D eigenvalue weighted by molar-refractivity contribution is 1.14. The molecule has 4 rings (SSSR count). The summed E-state index contributed by atoms with van der Waals surface area (Å²) in [6.07, 6.45) is 2.64. The highest BCUT2D eigenvalue weighted by atomic mass is 35.5. The Morgan fingerprint density at radius 1 is 1.00 bits per heavy atom. The van der Waals surface area contributed by atoms with Crippen molar-refractivity contribution < 1.29 is 0 Å². The first-order chi connectivity index (χ1) is 12.2. The van der Waals surface area contributed by atoms with E-state index < -0.39 is 0 Å². The van der Waals surface area contributed by atoms with Gasteiger partial charge in [-0.15, -0.1) is 11.3 Å². The van der Waals surface area contributed by atoms with Gasteiger partial charge < -0.3 is 5.32 Å². The lowest BCUT2D eigenvalue weighted by Gasteiger charge is -2.09. The molecule has 5 heteroatoms. The standard InChI is InChI=1S/C20H16ClN3S/c1-2-13-3-9-16(10-4-13)24-19-18-17(11-25-20(18)23-12-22-19)14-5-7-15(21)8-6-14/h3-12H,2H2,1H3,(H,22,23,24). The number of nitrogens with one attached hydrogen (secondary N) is 1. The number of aromatic nitrogens is 2. The van der Waals surface area contributed by atoms with E-state index >= 15 is 0 Å². The second-order valence-electron chi connectivity index (χ2n) is 5.73. The number of anilines is 2. The van der Waals surface area contributed by atoms with Crippen molar-refractivity contribution in [2.24, 2.45) is 0 Å². The molecule has 0 spiro atoms.